The molecule has 0 radical (unpaired) electrons. The van der Waals surface area contributed by atoms with Gasteiger partial charge in [-0.25, -0.2) is 0 Å². The summed E-state index contributed by atoms with van der Waals surface area (Å²) in [7, 11) is 0. The molecular weight excluding hydrogens is 394 g/mol. The van der Waals surface area contributed by atoms with E-state index in [1.807, 2.05) is 45.0 Å². The summed E-state index contributed by atoms with van der Waals surface area (Å²) in [4.78, 5) is 24.8. The monoisotopic (exact) mass is 421 g/mol. The van der Waals surface area contributed by atoms with Gasteiger partial charge in [-0.2, -0.15) is 0 Å². The molecule has 0 bridgehead atoms. The SMILES string of the molecule is CCCNC(=O)c1ccccc1NC(=O)Cc1ccc(OCc2c(C)noc2C)cc1. The van der Waals surface area contributed by atoms with Crippen LogP contribution in [0.3, 0.4) is 0 Å². The van der Waals surface area contributed by atoms with Gasteiger partial charge in [-0.3, -0.25) is 9.59 Å². The molecule has 7 heteroatoms. The van der Waals surface area contributed by atoms with Crippen molar-refractivity contribution in [1.82, 2.24) is 10.5 Å². The van der Waals surface area contributed by atoms with E-state index in [9.17, 15) is 9.59 Å². The Balaban J connectivity index is 1.57. The van der Waals surface area contributed by atoms with Gasteiger partial charge in [0.15, 0.2) is 0 Å². The number of carbonyl (C=O) groups is 2. The van der Waals surface area contributed by atoms with Crippen molar-refractivity contribution >= 4 is 17.5 Å². The Kier molecular flexibility index (Phi) is 7.43. The van der Waals surface area contributed by atoms with Gasteiger partial charge < -0.3 is 19.9 Å². The second kappa shape index (κ2) is 10.4. The number of rotatable bonds is 9. The second-order valence-electron chi connectivity index (χ2n) is 7.26. The lowest BCUT2D eigenvalue weighted by atomic mass is 10.1. The van der Waals surface area contributed by atoms with Crippen LogP contribution in [0.2, 0.25) is 0 Å². The molecule has 0 atom stereocenters. The largest absolute Gasteiger partial charge is 0.489 e. The Hall–Kier alpha value is -3.61. The van der Waals surface area contributed by atoms with Crippen LogP contribution in [-0.4, -0.2) is 23.5 Å². The van der Waals surface area contributed by atoms with Crippen LogP contribution in [0.5, 0.6) is 5.75 Å². The third-order valence-electron chi connectivity index (χ3n) is 4.83. The number of carbonyl (C=O) groups excluding carboxylic acids is 2. The fourth-order valence-electron chi connectivity index (χ4n) is 3.07. The molecule has 2 aromatic carbocycles. The number of hydrogen-bond donors (Lipinski definition) is 2. The highest BCUT2D eigenvalue weighted by atomic mass is 16.5. The highest BCUT2D eigenvalue weighted by Gasteiger charge is 2.13. The van der Waals surface area contributed by atoms with Gasteiger partial charge in [0.1, 0.15) is 18.1 Å². The number of nitrogens with zero attached hydrogens (tertiary/aromatic N) is 1. The highest BCUT2D eigenvalue weighted by molar-refractivity contribution is 6.04. The molecule has 31 heavy (non-hydrogen) atoms. The van der Waals surface area contributed by atoms with Crippen LogP contribution in [0.15, 0.2) is 53.1 Å². The standard InChI is InChI=1S/C24H27N3O4/c1-4-13-25-24(29)20-7-5-6-8-22(20)26-23(28)14-18-9-11-19(12-10-18)30-15-21-16(2)27-31-17(21)3/h5-12H,4,13-15H2,1-3H3,(H,25,29)(H,26,28). The minimum absolute atomic E-state index is 0.190. The van der Waals surface area contributed by atoms with E-state index in [4.69, 9.17) is 9.26 Å². The number of benzene rings is 2. The number of ether oxygens (including phenoxy) is 1. The predicted octanol–water partition coefficient (Wildman–Crippen LogP) is 4.19. The summed E-state index contributed by atoms with van der Waals surface area (Å²) in [6.07, 6.45) is 1.03. The normalized spacial score (nSPS) is 10.5. The van der Waals surface area contributed by atoms with Gasteiger partial charge >= 0.3 is 0 Å². The number of nitrogens with one attached hydrogen (secondary N) is 2. The van der Waals surface area contributed by atoms with Crippen molar-refractivity contribution in [2.24, 2.45) is 0 Å². The molecule has 0 saturated heterocycles. The number of aryl methyl sites for hydroxylation is 2. The first-order valence-corrected chi connectivity index (χ1v) is 10.3. The second-order valence-corrected chi connectivity index (χ2v) is 7.26. The minimum atomic E-state index is -0.197. The van der Waals surface area contributed by atoms with Crippen LogP contribution in [0, 0.1) is 13.8 Å². The summed E-state index contributed by atoms with van der Waals surface area (Å²) >= 11 is 0. The average molecular weight is 421 g/mol. The highest BCUT2D eigenvalue weighted by Crippen LogP contribution is 2.19. The van der Waals surface area contributed by atoms with Gasteiger partial charge in [0, 0.05) is 6.54 Å². The van der Waals surface area contributed by atoms with E-state index in [-0.39, 0.29) is 18.2 Å². The van der Waals surface area contributed by atoms with Crippen LogP contribution >= 0.6 is 0 Å². The van der Waals surface area contributed by atoms with Crippen molar-refractivity contribution in [1.29, 1.82) is 0 Å². The fraction of sp³-hybridized carbons (Fsp3) is 0.292. The first-order valence-electron chi connectivity index (χ1n) is 10.3. The quantitative estimate of drug-likeness (QED) is 0.540. The summed E-state index contributed by atoms with van der Waals surface area (Å²) in [6, 6.07) is 14.3. The molecule has 0 aliphatic heterocycles. The third-order valence-corrected chi connectivity index (χ3v) is 4.83. The summed E-state index contributed by atoms with van der Waals surface area (Å²) in [5, 5.41) is 9.59. The van der Waals surface area contributed by atoms with Crippen molar-refractivity contribution in [3.05, 3.63) is 76.7 Å². The molecule has 0 unspecified atom stereocenters. The number of para-hydroxylation sites is 1. The molecule has 1 aromatic heterocycles. The number of amides is 2. The Labute approximate surface area is 181 Å². The van der Waals surface area contributed by atoms with Crippen LogP contribution in [0.25, 0.3) is 0 Å². The van der Waals surface area contributed by atoms with Gasteiger partial charge in [0.2, 0.25) is 5.91 Å². The zero-order valence-electron chi connectivity index (χ0n) is 18.0. The first kappa shape index (κ1) is 22.1. The topological polar surface area (TPSA) is 93.5 Å². The molecule has 3 aromatic rings. The van der Waals surface area contributed by atoms with E-state index in [1.54, 1.807) is 24.3 Å². The minimum Gasteiger partial charge on any atom is -0.489 e. The zero-order valence-corrected chi connectivity index (χ0v) is 18.0. The molecule has 0 spiro atoms. The molecule has 1 heterocycles. The van der Waals surface area contributed by atoms with E-state index >= 15 is 0 Å². The zero-order chi connectivity index (χ0) is 22.2. The van der Waals surface area contributed by atoms with Crippen LogP contribution in [0.4, 0.5) is 5.69 Å². The third kappa shape index (κ3) is 5.94. The van der Waals surface area contributed by atoms with Gasteiger partial charge in [0.25, 0.3) is 5.91 Å². The molecule has 7 nitrogen and oxygen atoms in total. The van der Waals surface area contributed by atoms with Crippen LogP contribution < -0.4 is 15.4 Å². The Morgan fingerprint density at radius 1 is 1.06 bits per heavy atom. The maximum atomic E-state index is 12.5. The number of hydrogen-bond acceptors (Lipinski definition) is 5. The van der Waals surface area contributed by atoms with Crippen LogP contribution in [0.1, 0.15) is 46.3 Å². The predicted molar refractivity (Wildman–Crippen MR) is 118 cm³/mol. The lowest BCUT2D eigenvalue weighted by molar-refractivity contribution is -0.115. The molecule has 3 rings (SSSR count). The van der Waals surface area contributed by atoms with Gasteiger partial charge in [-0.1, -0.05) is 36.3 Å². The molecular formula is C24H27N3O4. The summed E-state index contributed by atoms with van der Waals surface area (Å²) in [5.74, 6) is 1.05. The van der Waals surface area contributed by atoms with Gasteiger partial charge in [-0.05, 0) is 50.1 Å². The van der Waals surface area contributed by atoms with E-state index in [0.29, 0.717) is 30.2 Å². The van der Waals surface area contributed by atoms with Gasteiger partial charge in [-0.15, -0.1) is 0 Å². The van der Waals surface area contributed by atoms with E-state index in [1.165, 1.54) is 0 Å². The summed E-state index contributed by atoms with van der Waals surface area (Å²) in [6.45, 7) is 6.68. The molecule has 0 aliphatic rings. The van der Waals surface area contributed by atoms with E-state index in [0.717, 1.165) is 29.0 Å². The maximum Gasteiger partial charge on any atom is 0.253 e. The molecule has 2 N–H and O–H groups in total. The lowest BCUT2D eigenvalue weighted by Gasteiger charge is -2.11. The number of anilines is 1. The van der Waals surface area contributed by atoms with Crippen LogP contribution in [-0.2, 0) is 17.8 Å². The Bertz CT molecular complexity index is 1020. The first-order chi connectivity index (χ1) is 15.0. The molecule has 2 amide bonds. The molecule has 0 aliphatic carbocycles. The van der Waals surface area contributed by atoms with Crippen molar-refractivity contribution in [3.8, 4) is 5.75 Å². The molecule has 0 saturated carbocycles. The van der Waals surface area contributed by atoms with Gasteiger partial charge in [0.05, 0.1) is 28.9 Å². The molecule has 162 valence electrons. The average Bonchev–Trinajstić information content (AvgIpc) is 3.09. The smallest absolute Gasteiger partial charge is 0.253 e. The Morgan fingerprint density at radius 2 is 1.81 bits per heavy atom. The fourth-order valence-corrected chi connectivity index (χ4v) is 3.07. The summed E-state index contributed by atoms with van der Waals surface area (Å²) < 4.78 is 10.9. The van der Waals surface area contributed by atoms with E-state index < -0.39 is 0 Å². The number of aromatic nitrogens is 1. The molecule has 0 fully saturated rings. The lowest BCUT2D eigenvalue weighted by Crippen LogP contribution is -2.26. The van der Waals surface area contributed by atoms with E-state index in [2.05, 4.69) is 15.8 Å². The Morgan fingerprint density at radius 3 is 2.48 bits per heavy atom. The van der Waals surface area contributed by atoms with Crippen molar-refractivity contribution < 1.29 is 18.8 Å². The van der Waals surface area contributed by atoms with Crippen molar-refractivity contribution in [2.45, 2.75) is 40.2 Å². The van der Waals surface area contributed by atoms with Crippen molar-refractivity contribution in [3.63, 3.8) is 0 Å². The van der Waals surface area contributed by atoms with Crippen molar-refractivity contribution in [2.75, 3.05) is 11.9 Å². The maximum absolute atomic E-state index is 12.5. The summed E-state index contributed by atoms with van der Waals surface area (Å²) in [5.41, 5.74) is 3.54.